The van der Waals surface area contributed by atoms with Gasteiger partial charge in [0.25, 0.3) is 5.56 Å². The van der Waals surface area contributed by atoms with Crippen molar-refractivity contribution >= 4 is 16.9 Å². The van der Waals surface area contributed by atoms with Crippen LogP contribution in [0.3, 0.4) is 0 Å². The summed E-state index contributed by atoms with van der Waals surface area (Å²) in [5, 5.41) is 20.1. The Hall–Kier alpha value is -3.08. The number of benzene rings is 2. The van der Waals surface area contributed by atoms with Gasteiger partial charge in [-0.25, -0.2) is 0 Å². The van der Waals surface area contributed by atoms with Crippen LogP contribution in [0.4, 0.5) is 0 Å². The molecule has 0 aliphatic carbocycles. The van der Waals surface area contributed by atoms with E-state index in [4.69, 9.17) is 0 Å². The summed E-state index contributed by atoms with van der Waals surface area (Å²) >= 11 is 0. The quantitative estimate of drug-likeness (QED) is 0.779. The Balaban J connectivity index is 2.48. The molecule has 2 N–H and O–H groups in total. The van der Waals surface area contributed by atoms with Crippen molar-refractivity contribution in [3.05, 3.63) is 70.5 Å². The minimum atomic E-state index is -1.16. The zero-order chi connectivity index (χ0) is 16.6. The molecule has 1 heterocycles. The average molecular weight is 309 g/mol. The van der Waals surface area contributed by atoms with E-state index in [1.165, 1.54) is 11.5 Å². The fraction of sp³-hybridized carbons (Fsp3) is 0.111. The molecule has 0 radical (unpaired) electrons. The minimum Gasteiger partial charge on any atom is -0.507 e. The summed E-state index contributed by atoms with van der Waals surface area (Å²) in [6, 6.07) is 15.8. The molecule has 3 aromatic rings. The molecule has 0 bridgehead atoms. The number of rotatable bonds is 3. The number of hydrogen-bond donors (Lipinski definition) is 2. The van der Waals surface area contributed by atoms with Crippen LogP contribution in [0.25, 0.3) is 16.6 Å². The lowest BCUT2D eigenvalue weighted by Crippen LogP contribution is -2.26. The van der Waals surface area contributed by atoms with Crippen LogP contribution >= 0.6 is 0 Å². The maximum absolute atomic E-state index is 12.9. The number of nitrogens with zero attached hydrogens (tertiary/aromatic N) is 1. The number of para-hydroxylation sites is 2. The van der Waals surface area contributed by atoms with Gasteiger partial charge in [-0.3, -0.25) is 14.2 Å². The molecule has 3 rings (SSSR count). The molecule has 0 aliphatic heterocycles. The molecule has 0 aliphatic rings. The first-order valence-corrected chi connectivity index (χ1v) is 7.17. The Labute approximate surface area is 132 Å². The predicted molar refractivity (Wildman–Crippen MR) is 87.3 cm³/mol. The normalized spacial score (nSPS) is 12.2. The van der Waals surface area contributed by atoms with E-state index in [0.29, 0.717) is 16.6 Å². The van der Waals surface area contributed by atoms with Gasteiger partial charge >= 0.3 is 5.97 Å². The van der Waals surface area contributed by atoms with Gasteiger partial charge in [-0.1, -0.05) is 30.3 Å². The van der Waals surface area contributed by atoms with Crippen molar-refractivity contribution in [2.24, 2.45) is 0 Å². The summed E-state index contributed by atoms with van der Waals surface area (Å²) in [6.07, 6.45) is 0. The molecular weight excluding hydrogens is 294 g/mol. The molecule has 2 aromatic carbocycles. The monoisotopic (exact) mass is 309 g/mol. The van der Waals surface area contributed by atoms with E-state index in [9.17, 15) is 19.8 Å². The highest BCUT2D eigenvalue weighted by molar-refractivity contribution is 5.90. The average Bonchev–Trinajstić information content (AvgIpc) is 2.56. The van der Waals surface area contributed by atoms with Crippen LogP contribution < -0.4 is 5.56 Å². The number of carbonyl (C=O) groups is 1. The van der Waals surface area contributed by atoms with E-state index >= 15 is 0 Å². The van der Waals surface area contributed by atoms with Crippen LogP contribution in [0, 0.1) is 0 Å². The number of carboxylic acid groups (broad SMARTS) is 1. The van der Waals surface area contributed by atoms with Crippen molar-refractivity contribution < 1.29 is 15.0 Å². The van der Waals surface area contributed by atoms with Crippen LogP contribution in [0.2, 0.25) is 0 Å². The van der Waals surface area contributed by atoms with Crippen LogP contribution in [0.1, 0.15) is 18.4 Å². The van der Waals surface area contributed by atoms with Crippen molar-refractivity contribution in [3.8, 4) is 11.4 Å². The zero-order valence-corrected chi connectivity index (χ0v) is 12.4. The van der Waals surface area contributed by atoms with E-state index in [0.717, 1.165) is 0 Å². The Kier molecular flexibility index (Phi) is 3.62. The number of carboxylic acids is 1. The topological polar surface area (TPSA) is 79.5 Å². The molecule has 1 aromatic heterocycles. The number of aromatic hydroxyl groups is 1. The van der Waals surface area contributed by atoms with Gasteiger partial charge in [-0.15, -0.1) is 0 Å². The lowest BCUT2D eigenvalue weighted by Gasteiger charge is -2.16. The van der Waals surface area contributed by atoms with Gasteiger partial charge in [0.05, 0.1) is 17.0 Å². The van der Waals surface area contributed by atoms with Gasteiger partial charge in [0.2, 0.25) is 0 Å². The van der Waals surface area contributed by atoms with Gasteiger partial charge in [-0.2, -0.15) is 0 Å². The summed E-state index contributed by atoms with van der Waals surface area (Å²) in [4.78, 5) is 24.2. The fourth-order valence-electron chi connectivity index (χ4n) is 2.69. The van der Waals surface area contributed by atoms with Crippen molar-refractivity contribution in [1.82, 2.24) is 4.57 Å². The third kappa shape index (κ3) is 2.36. The molecule has 5 heteroatoms. The predicted octanol–water partition coefficient (Wildman–Crippen LogP) is 2.88. The molecule has 0 amide bonds. The summed E-state index contributed by atoms with van der Waals surface area (Å²) < 4.78 is 1.43. The molecule has 1 unspecified atom stereocenters. The van der Waals surface area contributed by atoms with Crippen molar-refractivity contribution in [2.45, 2.75) is 12.8 Å². The van der Waals surface area contributed by atoms with Crippen molar-refractivity contribution in [1.29, 1.82) is 0 Å². The fourth-order valence-corrected chi connectivity index (χ4v) is 2.69. The molecule has 0 saturated carbocycles. The second kappa shape index (κ2) is 5.61. The maximum Gasteiger partial charge on any atom is 0.311 e. The number of pyridine rings is 1. The number of fused-ring (bicyclic) bond motifs is 1. The SMILES string of the molecule is CC(C(=O)O)c1c(O)c2ccccc2n(-c2ccccc2)c1=O. The van der Waals surface area contributed by atoms with Gasteiger partial charge in [-0.05, 0) is 31.2 Å². The van der Waals surface area contributed by atoms with Crippen LogP contribution in [-0.2, 0) is 4.79 Å². The van der Waals surface area contributed by atoms with Gasteiger partial charge in [0, 0.05) is 11.1 Å². The van der Waals surface area contributed by atoms with Crippen molar-refractivity contribution in [3.63, 3.8) is 0 Å². The van der Waals surface area contributed by atoms with E-state index in [-0.39, 0.29) is 11.3 Å². The first-order chi connectivity index (χ1) is 11.0. The van der Waals surface area contributed by atoms with E-state index < -0.39 is 17.4 Å². The van der Waals surface area contributed by atoms with Gasteiger partial charge in [0.1, 0.15) is 5.75 Å². The van der Waals surface area contributed by atoms with Gasteiger partial charge in [0.15, 0.2) is 0 Å². The molecule has 0 saturated heterocycles. The van der Waals surface area contributed by atoms with Crippen LogP contribution in [0.5, 0.6) is 5.75 Å². The lowest BCUT2D eigenvalue weighted by atomic mass is 9.99. The minimum absolute atomic E-state index is 0.111. The Morgan fingerprint density at radius 3 is 2.30 bits per heavy atom. The molecule has 0 spiro atoms. The summed E-state index contributed by atoms with van der Waals surface area (Å²) in [5.41, 5.74) is 0.512. The van der Waals surface area contributed by atoms with E-state index in [1.807, 2.05) is 6.07 Å². The Morgan fingerprint density at radius 1 is 1.04 bits per heavy atom. The molecule has 5 nitrogen and oxygen atoms in total. The summed E-state index contributed by atoms with van der Waals surface area (Å²) in [6.45, 7) is 1.39. The Morgan fingerprint density at radius 2 is 1.65 bits per heavy atom. The molecule has 1 atom stereocenters. The highest BCUT2D eigenvalue weighted by Gasteiger charge is 2.25. The number of aromatic nitrogens is 1. The molecule has 0 fully saturated rings. The third-order valence-corrected chi connectivity index (χ3v) is 3.91. The van der Waals surface area contributed by atoms with Crippen LogP contribution in [-0.4, -0.2) is 20.7 Å². The highest BCUT2D eigenvalue weighted by atomic mass is 16.4. The van der Waals surface area contributed by atoms with Gasteiger partial charge < -0.3 is 10.2 Å². The van der Waals surface area contributed by atoms with Crippen molar-refractivity contribution in [2.75, 3.05) is 0 Å². The lowest BCUT2D eigenvalue weighted by molar-refractivity contribution is -0.138. The first-order valence-electron chi connectivity index (χ1n) is 7.17. The smallest absolute Gasteiger partial charge is 0.311 e. The molecular formula is C18H15NO4. The second-order valence-corrected chi connectivity index (χ2v) is 5.32. The summed E-state index contributed by atoms with van der Waals surface area (Å²) in [5.74, 6) is -2.54. The van der Waals surface area contributed by atoms with Crippen LogP contribution in [0.15, 0.2) is 59.4 Å². The third-order valence-electron chi connectivity index (χ3n) is 3.91. The second-order valence-electron chi connectivity index (χ2n) is 5.32. The zero-order valence-electron chi connectivity index (χ0n) is 12.4. The summed E-state index contributed by atoms with van der Waals surface area (Å²) in [7, 11) is 0. The first kappa shape index (κ1) is 14.8. The standard InChI is InChI=1S/C18H15NO4/c1-11(18(22)23)15-16(20)13-9-5-6-10-14(13)19(17(15)21)12-7-3-2-4-8-12/h2-11,20H,1H3,(H,22,23). The number of hydrogen-bond acceptors (Lipinski definition) is 3. The molecule has 116 valence electrons. The highest BCUT2D eigenvalue weighted by Crippen LogP contribution is 2.31. The largest absolute Gasteiger partial charge is 0.507 e. The number of aliphatic carboxylic acids is 1. The van der Waals surface area contributed by atoms with E-state index in [2.05, 4.69) is 0 Å². The maximum atomic E-state index is 12.9. The molecule has 23 heavy (non-hydrogen) atoms. The Bertz CT molecular complexity index is 944. The van der Waals surface area contributed by atoms with E-state index in [1.54, 1.807) is 48.5 Å².